The number of aromatic nitrogens is 3. The molecule has 7 nitrogen and oxygen atoms in total. The van der Waals surface area contributed by atoms with E-state index in [4.69, 9.17) is 10.2 Å². The molecule has 1 aromatic carbocycles. The predicted octanol–water partition coefficient (Wildman–Crippen LogP) is 2.36. The van der Waals surface area contributed by atoms with Gasteiger partial charge in [0.25, 0.3) is 5.56 Å². The van der Waals surface area contributed by atoms with Crippen LogP contribution in [0.15, 0.2) is 33.7 Å². The number of hydrogen-bond donors (Lipinski definition) is 3. The van der Waals surface area contributed by atoms with Crippen LogP contribution in [-0.2, 0) is 0 Å². The number of nitrogens with one attached hydrogen (secondary N) is 1. The third-order valence-corrected chi connectivity index (χ3v) is 4.09. The molecule has 3 heterocycles. The molecule has 0 amide bonds. The first-order chi connectivity index (χ1) is 11.0. The van der Waals surface area contributed by atoms with Gasteiger partial charge in [-0.1, -0.05) is 6.07 Å². The summed E-state index contributed by atoms with van der Waals surface area (Å²) in [6, 6.07) is 5.05. The Bertz CT molecular complexity index is 1130. The van der Waals surface area contributed by atoms with Crippen molar-refractivity contribution in [1.82, 2.24) is 14.8 Å². The maximum Gasteiger partial charge on any atom is 0.261 e. The van der Waals surface area contributed by atoms with Crippen molar-refractivity contribution in [1.29, 1.82) is 0 Å². The zero-order valence-electron chi connectivity index (χ0n) is 12.5. The van der Waals surface area contributed by atoms with Crippen LogP contribution < -0.4 is 11.3 Å². The molecule has 0 aliphatic carbocycles. The molecule has 0 fully saturated rings. The number of rotatable bonds is 1. The molecule has 0 bridgehead atoms. The third-order valence-electron chi connectivity index (χ3n) is 4.09. The molecule has 23 heavy (non-hydrogen) atoms. The molecule has 116 valence electrons. The first-order valence-electron chi connectivity index (χ1n) is 7.06. The standard InChI is InChI=1S/C16H14N4O3/c1-7-3-4-10(21)8(2)13(7)20-15(17)11-12(19-20)14-9(5-6-23-14)18-16(11)22/h3-6,21H,17H2,1-2H3,(H,18,22). The van der Waals surface area contributed by atoms with E-state index in [1.807, 2.05) is 6.92 Å². The lowest BCUT2D eigenvalue weighted by Crippen LogP contribution is -2.09. The average Bonchev–Trinajstić information content (AvgIpc) is 3.09. The number of fused-ring (bicyclic) bond motifs is 3. The highest BCUT2D eigenvalue weighted by atomic mass is 16.3. The summed E-state index contributed by atoms with van der Waals surface area (Å²) >= 11 is 0. The number of nitrogen functional groups attached to an aromatic ring is 1. The van der Waals surface area contributed by atoms with E-state index in [-0.39, 0.29) is 22.5 Å². The number of aromatic amines is 1. The minimum atomic E-state index is -0.326. The minimum absolute atomic E-state index is 0.140. The molecular weight excluding hydrogens is 296 g/mol. The van der Waals surface area contributed by atoms with Crippen LogP contribution in [0.1, 0.15) is 11.1 Å². The van der Waals surface area contributed by atoms with Gasteiger partial charge in [0.2, 0.25) is 0 Å². The molecule has 0 radical (unpaired) electrons. The summed E-state index contributed by atoms with van der Waals surface area (Å²) in [6.45, 7) is 3.66. The number of phenolic OH excluding ortho intramolecular Hbond substituents is 1. The van der Waals surface area contributed by atoms with Crippen molar-refractivity contribution in [2.45, 2.75) is 13.8 Å². The molecule has 7 heteroatoms. The number of nitrogens with zero attached hydrogens (tertiary/aromatic N) is 2. The van der Waals surface area contributed by atoms with Gasteiger partial charge in [-0.25, -0.2) is 4.68 Å². The van der Waals surface area contributed by atoms with Gasteiger partial charge >= 0.3 is 0 Å². The zero-order chi connectivity index (χ0) is 16.3. The van der Waals surface area contributed by atoms with Crippen molar-refractivity contribution in [2.24, 2.45) is 0 Å². The Hall–Kier alpha value is -3.22. The maximum absolute atomic E-state index is 12.3. The smallest absolute Gasteiger partial charge is 0.261 e. The second kappa shape index (κ2) is 4.39. The van der Waals surface area contributed by atoms with Crippen LogP contribution in [-0.4, -0.2) is 19.9 Å². The van der Waals surface area contributed by atoms with Crippen LogP contribution in [0.4, 0.5) is 5.82 Å². The van der Waals surface area contributed by atoms with Crippen LogP contribution in [0.5, 0.6) is 5.75 Å². The molecule has 0 aliphatic rings. The SMILES string of the molecule is Cc1ccc(O)c(C)c1-n1nc2c(c1N)c(=O)[nH]c1ccoc12. The molecule has 0 spiro atoms. The lowest BCUT2D eigenvalue weighted by atomic mass is 10.1. The molecule has 4 rings (SSSR count). The number of pyridine rings is 1. The summed E-state index contributed by atoms with van der Waals surface area (Å²) in [5.41, 5.74) is 9.45. The predicted molar refractivity (Wildman–Crippen MR) is 87.0 cm³/mol. The number of H-pyrrole nitrogens is 1. The zero-order valence-corrected chi connectivity index (χ0v) is 12.5. The van der Waals surface area contributed by atoms with Gasteiger partial charge in [-0.3, -0.25) is 4.79 Å². The van der Waals surface area contributed by atoms with Crippen LogP contribution in [0.3, 0.4) is 0 Å². The highest BCUT2D eigenvalue weighted by molar-refractivity contribution is 6.03. The highest BCUT2D eigenvalue weighted by Gasteiger charge is 2.20. The van der Waals surface area contributed by atoms with E-state index in [1.54, 1.807) is 25.1 Å². The molecule has 4 N–H and O–H groups in total. The number of hydrogen-bond acceptors (Lipinski definition) is 5. The quantitative estimate of drug-likeness (QED) is 0.500. The molecule has 4 aromatic rings. The van der Waals surface area contributed by atoms with E-state index in [0.717, 1.165) is 5.56 Å². The monoisotopic (exact) mass is 310 g/mol. The number of phenols is 1. The normalized spacial score (nSPS) is 11.6. The fourth-order valence-electron chi connectivity index (χ4n) is 2.91. The largest absolute Gasteiger partial charge is 0.508 e. The van der Waals surface area contributed by atoms with Crippen molar-refractivity contribution in [3.05, 3.63) is 45.9 Å². The second-order valence-electron chi connectivity index (χ2n) is 5.51. The molecule has 0 unspecified atom stereocenters. The summed E-state index contributed by atoms with van der Waals surface area (Å²) in [5.74, 6) is 0.345. The van der Waals surface area contributed by atoms with Gasteiger partial charge in [-0.2, -0.15) is 5.10 Å². The van der Waals surface area contributed by atoms with Gasteiger partial charge in [0.1, 0.15) is 22.5 Å². The fraction of sp³-hybridized carbons (Fsp3) is 0.125. The third kappa shape index (κ3) is 1.70. The van der Waals surface area contributed by atoms with Crippen LogP contribution in [0.25, 0.3) is 27.7 Å². The number of anilines is 1. The van der Waals surface area contributed by atoms with Gasteiger partial charge < -0.3 is 20.2 Å². The Morgan fingerprint density at radius 3 is 2.87 bits per heavy atom. The first kappa shape index (κ1) is 13.4. The van der Waals surface area contributed by atoms with Gasteiger partial charge in [-0.05, 0) is 25.5 Å². The maximum atomic E-state index is 12.3. The molecule has 0 saturated carbocycles. The van der Waals surface area contributed by atoms with E-state index in [0.29, 0.717) is 27.9 Å². The Morgan fingerprint density at radius 1 is 1.30 bits per heavy atom. The lowest BCUT2D eigenvalue weighted by molar-refractivity contribution is 0.470. The van der Waals surface area contributed by atoms with E-state index in [2.05, 4.69) is 10.1 Å². The average molecular weight is 310 g/mol. The Morgan fingerprint density at radius 2 is 2.09 bits per heavy atom. The first-order valence-corrected chi connectivity index (χ1v) is 7.06. The van der Waals surface area contributed by atoms with Crippen LogP contribution >= 0.6 is 0 Å². The number of furan rings is 1. The van der Waals surface area contributed by atoms with Gasteiger partial charge in [0.15, 0.2) is 5.58 Å². The summed E-state index contributed by atoms with van der Waals surface area (Å²) in [7, 11) is 0. The Kier molecular flexibility index (Phi) is 2.57. The van der Waals surface area contributed by atoms with Crippen LogP contribution in [0.2, 0.25) is 0 Å². The van der Waals surface area contributed by atoms with Gasteiger partial charge in [0, 0.05) is 11.6 Å². The number of nitrogens with two attached hydrogens (primary N) is 1. The van der Waals surface area contributed by atoms with Gasteiger partial charge in [0.05, 0.1) is 17.5 Å². The van der Waals surface area contributed by atoms with E-state index >= 15 is 0 Å². The Balaban J connectivity index is 2.18. The molecular formula is C16H14N4O3. The van der Waals surface area contributed by atoms with Gasteiger partial charge in [-0.15, -0.1) is 0 Å². The number of aryl methyl sites for hydroxylation is 1. The molecule has 3 aromatic heterocycles. The van der Waals surface area contributed by atoms with Crippen molar-refractivity contribution in [3.63, 3.8) is 0 Å². The number of benzene rings is 1. The number of aromatic hydroxyl groups is 1. The van der Waals surface area contributed by atoms with E-state index in [9.17, 15) is 9.90 Å². The Labute approximate surface area is 129 Å². The van der Waals surface area contributed by atoms with Crippen molar-refractivity contribution < 1.29 is 9.52 Å². The van der Waals surface area contributed by atoms with E-state index < -0.39 is 0 Å². The van der Waals surface area contributed by atoms with E-state index in [1.165, 1.54) is 10.9 Å². The summed E-state index contributed by atoms with van der Waals surface area (Å²) in [6.07, 6.45) is 1.49. The van der Waals surface area contributed by atoms with Crippen molar-refractivity contribution >= 4 is 27.8 Å². The molecule has 0 saturated heterocycles. The second-order valence-corrected chi connectivity index (χ2v) is 5.51. The van der Waals surface area contributed by atoms with Crippen molar-refractivity contribution in [2.75, 3.05) is 5.73 Å². The summed E-state index contributed by atoms with van der Waals surface area (Å²) in [4.78, 5) is 15.0. The van der Waals surface area contributed by atoms with Crippen molar-refractivity contribution in [3.8, 4) is 11.4 Å². The molecule has 0 aliphatic heterocycles. The fourth-order valence-corrected chi connectivity index (χ4v) is 2.91. The summed E-state index contributed by atoms with van der Waals surface area (Å²) in [5, 5.41) is 14.7. The minimum Gasteiger partial charge on any atom is -0.508 e. The lowest BCUT2D eigenvalue weighted by Gasteiger charge is -2.12. The molecule has 0 atom stereocenters. The topological polar surface area (TPSA) is 110 Å². The highest BCUT2D eigenvalue weighted by Crippen LogP contribution is 2.32. The summed E-state index contributed by atoms with van der Waals surface area (Å²) < 4.78 is 6.90. The van der Waals surface area contributed by atoms with Crippen LogP contribution in [0, 0.1) is 13.8 Å².